The molecule has 27 heavy (non-hydrogen) atoms. The first-order valence-corrected chi connectivity index (χ1v) is 7.55. The summed E-state index contributed by atoms with van der Waals surface area (Å²) in [5, 5.41) is 3.34. The molecule has 3 rings (SSSR count). The maximum atomic E-state index is 13.6. The Labute approximate surface area is 150 Å². The zero-order valence-corrected chi connectivity index (χ0v) is 13.8. The van der Waals surface area contributed by atoms with Crippen molar-refractivity contribution in [3.05, 3.63) is 65.5 Å². The van der Waals surface area contributed by atoms with Gasteiger partial charge in [0.2, 0.25) is 11.8 Å². The molecule has 5 nitrogen and oxygen atoms in total. The quantitative estimate of drug-likeness (QED) is 0.608. The van der Waals surface area contributed by atoms with Crippen LogP contribution in [0.3, 0.4) is 0 Å². The van der Waals surface area contributed by atoms with Crippen LogP contribution in [-0.4, -0.2) is 14.8 Å². The van der Waals surface area contributed by atoms with Gasteiger partial charge in [0.25, 0.3) is 0 Å². The highest BCUT2D eigenvalue weighted by Gasteiger charge is 2.35. The Morgan fingerprint density at radius 2 is 1.85 bits per heavy atom. The number of aryl methyl sites for hydroxylation is 1. The van der Waals surface area contributed by atoms with Crippen molar-refractivity contribution in [2.75, 3.05) is 0 Å². The summed E-state index contributed by atoms with van der Waals surface area (Å²) in [6.45, 7) is -0.154. The van der Waals surface area contributed by atoms with Crippen LogP contribution < -0.4 is 9.47 Å². The molecule has 2 heterocycles. The van der Waals surface area contributed by atoms with Crippen LogP contribution in [0.5, 0.6) is 17.5 Å². The van der Waals surface area contributed by atoms with E-state index in [2.05, 4.69) is 10.1 Å². The largest absolute Gasteiger partial charge is 0.484 e. The van der Waals surface area contributed by atoms with Gasteiger partial charge in [-0.05, 0) is 18.2 Å². The SMILES string of the molecule is Cn1nc(C(F)(F)F)cc1Oc1cccc(COc2ccc(F)cc2F)n1. The standard InChI is InChI=1S/C17H12F5N3O2/c1-25-16(8-14(24-25)17(20,21)22)27-15-4-2-3-11(23-15)9-26-13-6-5-10(18)7-12(13)19/h2-8H,9H2,1H3. The summed E-state index contributed by atoms with van der Waals surface area (Å²) in [6.07, 6.45) is -4.60. The molecule has 0 bridgehead atoms. The second kappa shape index (κ2) is 7.22. The number of aromatic nitrogens is 3. The zero-order valence-electron chi connectivity index (χ0n) is 13.8. The Hall–Kier alpha value is -3.17. The minimum atomic E-state index is -4.60. The lowest BCUT2D eigenvalue weighted by atomic mass is 10.3. The molecule has 0 aliphatic rings. The van der Waals surface area contributed by atoms with Gasteiger partial charge in [0.15, 0.2) is 17.3 Å². The van der Waals surface area contributed by atoms with Crippen LogP contribution >= 0.6 is 0 Å². The lowest BCUT2D eigenvalue weighted by Gasteiger charge is -2.09. The molecule has 3 aromatic rings. The smallest absolute Gasteiger partial charge is 0.435 e. The van der Waals surface area contributed by atoms with E-state index in [0.717, 1.165) is 22.9 Å². The summed E-state index contributed by atoms with van der Waals surface area (Å²) in [4.78, 5) is 4.08. The van der Waals surface area contributed by atoms with Gasteiger partial charge in [-0.15, -0.1) is 0 Å². The average Bonchev–Trinajstić information content (AvgIpc) is 2.95. The number of hydrogen-bond donors (Lipinski definition) is 0. The molecule has 0 aliphatic carbocycles. The number of benzene rings is 1. The Balaban J connectivity index is 1.71. The van der Waals surface area contributed by atoms with Gasteiger partial charge < -0.3 is 9.47 Å². The van der Waals surface area contributed by atoms with Crippen LogP contribution in [0.4, 0.5) is 22.0 Å². The van der Waals surface area contributed by atoms with Gasteiger partial charge in [-0.3, -0.25) is 0 Å². The van der Waals surface area contributed by atoms with E-state index in [1.807, 2.05) is 0 Å². The summed E-state index contributed by atoms with van der Waals surface area (Å²) in [6, 6.07) is 8.15. The molecule has 0 N–H and O–H groups in total. The van der Waals surface area contributed by atoms with Gasteiger partial charge in [-0.2, -0.15) is 18.3 Å². The monoisotopic (exact) mass is 385 g/mol. The minimum absolute atomic E-state index is 0.00685. The van der Waals surface area contributed by atoms with E-state index < -0.39 is 23.5 Å². The molecule has 10 heteroatoms. The predicted octanol–water partition coefficient (Wildman–Crippen LogP) is 4.48. The van der Waals surface area contributed by atoms with Gasteiger partial charge in [0.05, 0.1) is 5.69 Å². The molecule has 0 saturated carbocycles. The number of rotatable bonds is 5. The predicted molar refractivity (Wildman–Crippen MR) is 83.2 cm³/mol. The molecule has 0 atom stereocenters. The van der Waals surface area contributed by atoms with Crippen LogP contribution in [0.15, 0.2) is 42.5 Å². The van der Waals surface area contributed by atoms with E-state index >= 15 is 0 Å². The highest BCUT2D eigenvalue weighted by molar-refractivity contribution is 5.26. The number of alkyl halides is 3. The fourth-order valence-electron chi connectivity index (χ4n) is 2.13. The lowest BCUT2D eigenvalue weighted by molar-refractivity contribution is -0.141. The van der Waals surface area contributed by atoms with E-state index in [-0.39, 0.29) is 24.1 Å². The van der Waals surface area contributed by atoms with Crippen LogP contribution in [0.1, 0.15) is 11.4 Å². The third kappa shape index (κ3) is 4.52. The molecular formula is C17H12F5N3O2. The van der Waals surface area contributed by atoms with Crippen molar-refractivity contribution >= 4 is 0 Å². The first-order valence-electron chi connectivity index (χ1n) is 7.55. The number of hydrogen-bond acceptors (Lipinski definition) is 4. The highest BCUT2D eigenvalue weighted by atomic mass is 19.4. The normalized spacial score (nSPS) is 11.5. The summed E-state index contributed by atoms with van der Waals surface area (Å²) >= 11 is 0. The number of pyridine rings is 1. The maximum absolute atomic E-state index is 13.6. The van der Waals surface area contributed by atoms with Gasteiger partial charge >= 0.3 is 6.18 Å². The summed E-state index contributed by atoms with van der Waals surface area (Å²) in [5.41, 5.74) is -0.763. The first kappa shape index (κ1) is 18.6. The number of halogens is 5. The molecule has 0 fully saturated rings. The lowest BCUT2D eigenvalue weighted by Crippen LogP contribution is -2.06. The van der Waals surface area contributed by atoms with Crippen molar-refractivity contribution in [3.8, 4) is 17.5 Å². The fourth-order valence-corrected chi connectivity index (χ4v) is 2.13. The molecule has 0 unspecified atom stereocenters. The molecule has 0 spiro atoms. The molecule has 1 aromatic carbocycles. The van der Waals surface area contributed by atoms with Crippen LogP contribution in [0.2, 0.25) is 0 Å². The van der Waals surface area contributed by atoms with Gasteiger partial charge in [0.1, 0.15) is 12.4 Å². The van der Waals surface area contributed by atoms with E-state index in [4.69, 9.17) is 9.47 Å². The summed E-state index contributed by atoms with van der Waals surface area (Å²) < 4.78 is 76.0. The molecule has 0 radical (unpaired) electrons. The van der Waals surface area contributed by atoms with Crippen molar-refractivity contribution in [2.45, 2.75) is 12.8 Å². The average molecular weight is 385 g/mol. The van der Waals surface area contributed by atoms with E-state index in [0.29, 0.717) is 11.8 Å². The van der Waals surface area contributed by atoms with E-state index in [1.165, 1.54) is 13.1 Å². The van der Waals surface area contributed by atoms with Gasteiger partial charge in [-0.25, -0.2) is 18.4 Å². The number of ether oxygens (including phenoxy) is 2. The summed E-state index contributed by atoms with van der Waals surface area (Å²) in [7, 11) is 1.30. The second-order valence-corrected chi connectivity index (χ2v) is 5.42. The van der Waals surface area contributed by atoms with Crippen LogP contribution in [0, 0.1) is 11.6 Å². The Morgan fingerprint density at radius 3 is 2.52 bits per heavy atom. The van der Waals surface area contributed by atoms with Crippen LogP contribution in [0.25, 0.3) is 0 Å². The maximum Gasteiger partial charge on any atom is 0.435 e. The first-order chi connectivity index (χ1) is 12.7. The third-order valence-corrected chi connectivity index (χ3v) is 3.39. The second-order valence-electron chi connectivity index (χ2n) is 5.42. The van der Waals surface area contributed by atoms with E-state index in [1.54, 1.807) is 12.1 Å². The van der Waals surface area contributed by atoms with Gasteiger partial charge in [0, 0.05) is 25.2 Å². The molecular weight excluding hydrogens is 373 g/mol. The Morgan fingerprint density at radius 1 is 1.07 bits per heavy atom. The molecule has 0 saturated heterocycles. The summed E-state index contributed by atoms with van der Waals surface area (Å²) in [5.74, 6) is -1.91. The van der Waals surface area contributed by atoms with Crippen molar-refractivity contribution in [1.29, 1.82) is 0 Å². The number of nitrogens with zero attached hydrogens (tertiary/aromatic N) is 3. The van der Waals surface area contributed by atoms with E-state index in [9.17, 15) is 22.0 Å². The van der Waals surface area contributed by atoms with Gasteiger partial charge in [-0.1, -0.05) is 6.07 Å². The topological polar surface area (TPSA) is 49.2 Å². The van der Waals surface area contributed by atoms with Crippen molar-refractivity contribution < 1.29 is 31.4 Å². The Bertz CT molecular complexity index is 956. The molecule has 2 aromatic heterocycles. The third-order valence-electron chi connectivity index (χ3n) is 3.39. The minimum Gasteiger partial charge on any atom is -0.484 e. The zero-order chi connectivity index (χ0) is 19.6. The van der Waals surface area contributed by atoms with Crippen molar-refractivity contribution in [2.24, 2.45) is 7.05 Å². The van der Waals surface area contributed by atoms with Crippen molar-refractivity contribution in [3.63, 3.8) is 0 Å². The van der Waals surface area contributed by atoms with Crippen molar-refractivity contribution in [1.82, 2.24) is 14.8 Å². The van der Waals surface area contributed by atoms with Crippen LogP contribution in [-0.2, 0) is 19.8 Å². The molecule has 142 valence electrons. The molecule has 0 amide bonds. The fraction of sp³-hybridized carbons (Fsp3) is 0.176. The highest BCUT2D eigenvalue weighted by Crippen LogP contribution is 2.31. The molecule has 0 aliphatic heterocycles. The Kier molecular flexibility index (Phi) is 4.98.